The molecule has 4 N–H and O–H groups in total. The lowest BCUT2D eigenvalue weighted by Crippen LogP contribution is -2.48. The van der Waals surface area contributed by atoms with Crippen LogP contribution >= 0.6 is 11.6 Å². The fourth-order valence-electron chi connectivity index (χ4n) is 4.59. The molecule has 0 unspecified atom stereocenters. The van der Waals surface area contributed by atoms with Crippen molar-refractivity contribution in [3.8, 4) is 0 Å². The standard InChI is InChI=1S/C21H23ClN8O2S/c1-33(31,32)30-21(5-8-23-10-21)16-13(9-15(22)14-3-2-6-24-17(14)16)4-7-25-19-18-20(27-11-26-18)29-12-28-19/h2-3,6,9,11-12,23,30H,4-5,7-8,10H2,1H3,(H2,25,26,27,28,29)/t21-/m1/s1. The fourth-order valence-corrected chi connectivity index (χ4v) is 5.86. The highest BCUT2D eigenvalue weighted by atomic mass is 35.5. The number of nitrogens with zero attached hydrogens (tertiary/aromatic N) is 4. The van der Waals surface area contributed by atoms with Crippen molar-refractivity contribution in [1.29, 1.82) is 0 Å². The predicted molar refractivity (Wildman–Crippen MR) is 128 cm³/mol. The molecule has 1 atom stereocenters. The number of pyridine rings is 1. The van der Waals surface area contributed by atoms with Crippen LogP contribution < -0.4 is 15.4 Å². The average molecular weight is 487 g/mol. The van der Waals surface area contributed by atoms with E-state index in [1.807, 2.05) is 18.2 Å². The second-order valence-corrected chi connectivity index (χ2v) is 10.3. The maximum absolute atomic E-state index is 12.4. The Hall–Kier alpha value is -2.86. The number of hydrogen-bond donors (Lipinski definition) is 4. The summed E-state index contributed by atoms with van der Waals surface area (Å²) in [5.74, 6) is 0.624. The summed E-state index contributed by atoms with van der Waals surface area (Å²) in [6.45, 7) is 1.69. The number of fused-ring (bicyclic) bond motifs is 2. The minimum Gasteiger partial charge on any atom is -0.368 e. The van der Waals surface area contributed by atoms with Gasteiger partial charge in [-0.1, -0.05) is 11.6 Å². The molecular weight excluding hydrogens is 464 g/mol. The molecule has 12 heteroatoms. The number of aromatic nitrogens is 5. The quantitative estimate of drug-likeness (QED) is 0.311. The van der Waals surface area contributed by atoms with Gasteiger partial charge in [0.2, 0.25) is 10.0 Å². The zero-order valence-electron chi connectivity index (χ0n) is 17.9. The molecule has 4 aromatic rings. The van der Waals surface area contributed by atoms with Crippen molar-refractivity contribution in [2.24, 2.45) is 0 Å². The number of nitrogens with one attached hydrogen (secondary N) is 4. The molecule has 1 aromatic carbocycles. The van der Waals surface area contributed by atoms with E-state index in [2.05, 4.69) is 40.3 Å². The van der Waals surface area contributed by atoms with Gasteiger partial charge in [-0.05, 0) is 43.1 Å². The number of aromatic amines is 1. The second kappa shape index (κ2) is 8.49. The van der Waals surface area contributed by atoms with Gasteiger partial charge in [-0.3, -0.25) is 4.98 Å². The van der Waals surface area contributed by atoms with E-state index < -0.39 is 15.6 Å². The van der Waals surface area contributed by atoms with Crippen LogP contribution in [-0.4, -0.2) is 59.2 Å². The van der Waals surface area contributed by atoms with Gasteiger partial charge in [0.05, 0.1) is 28.7 Å². The first-order chi connectivity index (χ1) is 15.9. The monoisotopic (exact) mass is 486 g/mol. The van der Waals surface area contributed by atoms with Crippen molar-refractivity contribution in [2.75, 3.05) is 31.2 Å². The minimum absolute atomic E-state index is 0.466. The predicted octanol–water partition coefficient (Wildman–Crippen LogP) is 1.95. The molecule has 0 radical (unpaired) electrons. The molecular formula is C21H23ClN8O2S. The normalized spacial score (nSPS) is 18.8. The largest absolute Gasteiger partial charge is 0.368 e. The smallest absolute Gasteiger partial charge is 0.209 e. The number of rotatable bonds is 7. The van der Waals surface area contributed by atoms with Gasteiger partial charge in [0.25, 0.3) is 0 Å². The van der Waals surface area contributed by atoms with E-state index in [-0.39, 0.29) is 0 Å². The number of imidazole rings is 1. The van der Waals surface area contributed by atoms with Crippen LogP contribution in [0.15, 0.2) is 37.1 Å². The van der Waals surface area contributed by atoms with E-state index >= 15 is 0 Å². The Morgan fingerprint density at radius 3 is 2.88 bits per heavy atom. The van der Waals surface area contributed by atoms with Crippen LogP contribution in [0, 0.1) is 0 Å². The van der Waals surface area contributed by atoms with Gasteiger partial charge < -0.3 is 15.6 Å². The van der Waals surface area contributed by atoms with Crippen molar-refractivity contribution in [3.05, 3.63) is 53.2 Å². The molecule has 0 amide bonds. The second-order valence-electron chi connectivity index (χ2n) is 8.17. The molecule has 33 heavy (non-hydrogen) atoms. The van der Waals surface area contributed by atoms with Crippen LogP contribution in [0.2, 0.25) is 5.02 Å². The van der Waals surface area contributed by atoms with Gasteiger partial charge in [-0.25, -0.2) is 28.1 Å². The summed E-state index contributed by atoms with van der Waals surface area (Å²) in [5.41, 5.74) is 2.98. The van der Waals surface area contributed by atoms with Crippen LogP contribution in [0.4, 0.5) is 5.82 Å². The molecule has 1 aliphatic rings. The highest BCUT2D eigenvalue weighted by Gasteiger charge is 2.41. The van der Waals surface area contributed by atoms with Crippen molar-refractivity contribution < 1.29 is 8.42 Å². The maximum atomic E-state index is 12.4. The van der Waals surface area contributed by atoms with E-state index in [0.29, 0.717) is 60.0 Å². The van der Waals surface area contributed by atoms with Gasteiger partial charge in [0.15, 0.2) is 11.5 Å². The Morgan fingerprint density at radius 1 is 1.21 bits per heavy atom. The summed E-state index contributed by atoms with van der Waals surface area (Å²) in [6, 6.07) is 5.64. The van der Waals surface area contributed by atoms with Gasteiger partial charge >= 0.3 is 0 Å². The molecule has 1 aliphatic heterocycles. The van der Waals surface area contributed by atoms with E-state index in [1.54, 1.807) is 12.5 Å². The number of H-pyrrole nitrogens is 1. The summed E-state index contributed by atoms with van der Waals surface area (Å²) in [6.07, 6.45) is 7.11. The van der Waals surface area contributed by atoms with E-state index in [9.17, 15) is 8.42 Å². The number of benzene rings is 1. The molecule has 3 aromatic heterocycles. The number of sulfonamides is 1. The van der Waals surface area contributed by atoms with Crippen LogP contribution in [0.5, 0.6) is 0 Å². The zero-order valence-corrected chi connectivity index (χ0v) is 19.5. The maximum Gasteiger partial charge on any atom is 0.209 e. The van der Waals surface area contributed by atoms with Crippen LogP contribution in [-0.2, 0) is 22.0 Å². The zero-order chi connectivity index (χ0) is 23.1. The van der Waals surface area contributed by atoms with Crippen molar-refractivity contribution in [2.45, 2.75) is 18.4 Å². The highest BCUT2D eigenvalue weighted by molar-refractivity contribution is 7.88. The number of anilines is 1. The van der Waals surface area contributed by atoms with Crippen LogP contribution in [0.3, 0.4) is 0 Å². The molecule has 0 bridgehead atoms. The molecule has 5 rings (SSSR count). The molecule has 0 aliphatic carbocycles. The molecule has 0 spiro atoms. The average Bonchev–Trinajstić information content (AvgIpc) is 3.43. The number of hydrogen-bond acceptors (Lipinski definition) is 8. The summed E-state index contributed by atoms with van der Waals surface area (Å²) in [7, 11) is -3.49. The Bertz CT molecular complexity index is 1430. The SMILES string of the molecule is CS(=O)(=O)N[C@]1(c2c(CCNc3ncnc4[nH]cnc34)cc(Cl)c3cccnc23)CCNC1. The minimum atomic E-state index is -3.49. The lowest BCUT2D eigenvalue weighted by Gasteiger charge is -2.32. The first kappa shape index (κ1) is 22.0. The summed E-state index contributed by atoms with van der Waals surface area (Å²) in [5, 5.41) is 8.00. The molecule has 10 nitrogen and oxygen atoms in total. The van der Waals surface area contributed by atoms with Crippen LogP contribution in [0.1, 0.15) is 17.5 Å². The Labute approximate surface area is 195 Å². The summed E-state index contributed by atoms with van der Waals surface area (Å²) in [4.78, 5) is 20.3. The van der Waals surface area contributed by atoms with Crippen molar-refractivity contribution in [1.82, 2.24) is 35.0 Å². The number of halogens is 1. The third kappa shape index (κ3) is 4.24. The molecule has 0 saturated carbocycles. The Morgan fingerprint density at radius 2 is 2.09 bits per heavy atom. The Kier molecular flexibility index (Phi) is 5.65. The lowest BCUT2D eigenvalue weighted by atomic mass is 9.83. The molecule has 1 saturated heterocycles. The molecule has 4 heterocycles. The topological polar surface area (TPSA) is 138 Å². The summed E-state index contributed by atoms with van der Waals surface area (Å²) >= 11 is 6.63. The van der Waals surface area contributed by atoms with E-state index in [4.69, 9.17) is 11.6 Å². The summed E-state index contributed by atoms with van der Waals surface area (Å²) < 4.78 is 27.6. The highest BCUT2D eigenvalue weighted by Crippen LogP contribution is 2.39. The van der Waals surface area contributed by atoms with Crippen molar-refractivity contribution >= 4 is 49.5 Å². The van der Waals surface area contributed by atoms with Crippen LogP contribution in [0.25, 0.3) is 22.1 Å². The third-order valence-corrected chi connectivity index (χ3v) is 6.92. The molecule has 1 fully saturated rings. The van der Waals surface area contributed by atoms with Gasteiger partial charge in [0.1, 0.15) is 11.8 Å². The first-order valence-electron chi connectivity index (χ1n) is 10.5. The fraction of sp³-hybridized carbons (Fsp3) is 0.333. The van der Waals surface area contributed by atoms with Crippen molar-refractivity contribution in [3.63, 3.8) is 0 Å². The van der Waals surface area contributed by atoms with Gasteiger partial charge in [0, 0.05) is 30.2 Å². The van der Waals surface area contributed by atoms with Gasteiger partial charge in [-0.15, -0.1) is 0 Å². The first-order valence-corrected chi connectivity index (χ1v) is 12.8. The van der Waals surface area contributed by atoms with E-state index in [0.717, 1.165) is 16.5 Å². The Balaban J connectivity index is 1.56. The molecule has 172 valence electrons. The van der Waals surface area contributed by atoms with Gasteiger partial charge in [-0.2, -0.15) is 0 Å². The lowest BCUT2D eigenvalue weighted by molar-refractivity contribution is 0.431. The van der Waals surface area contributed by atoms with E-state index in [1.165, 1.54) is 12.6 Å². The third-order valence-electron chi connectivity index (χ3n) is 5.84.